The van der Waals surface area contributed by atoms with E-state index in [1.54, 1.807) is 14.2 Å². The van der Waals surface area contributed by atoms with Gasteiger partial charge in [0.15, 0.2) is 11.5 Å². The summed E-state index contributed by atoms with van der Waals surface area (Å²) in [5.41, 5.74) is 7.26. The molecule has 0 saturated heterocycles. The maximum Gasteiger partial charge on any atom is 0.165 e. The maximum absolute atomic E-state index is 6.49. The first-order chi connectivity index (χ1) is 8.10. The fourth-order valence-corrected chi connectivity index (χ4v) is 3.01. The van der Waals surface area contributed by atoms with Crippen LogP contribution in [-0.4, -0.2) is 14.2 Å². The number of rotatable bonds is 3. The molecule has 3 nitrogen and oxygen atoms in total. The minimum Gasteiger partial charge on any atom is -0.493 e. The first-order valence-corrected chi connectivity index (χ1v) is 6.61. The van der Waals surface area contributed by atoms with Crippen LogP contribution in [0.25, 0.3) is 0 Å². The fourth-order valence-electron chi connectivity index (χ4n) is 2.58. The molecule has 0 aromatic heterocycles. The van der Waals surface area contributed by atoms with Crippen LogP contribution >= 0.6 is 15.9 Å². The van der Waals surface area contributed by atoms with Gasteiger partial charge in [-0.3, -0.25) is 0 Å². The van der Waals surface area contributed by atoms with Crippen molar-refractivity contribution in [3.05, 3.63) is 22.2 Å². The quantitative estimate of drug-likeness (QED) is 0.932. The Hall–Kier alpha value is -0.740. The monoisotopic (exact) mass is 299 g/mol. The van der Waals surface area contributed by atoms with Gasteiger partial charge in [-0.2, -0.15) is 0 Å². The van der Waals surface area contributed by atoms with Gasteiger partial charge in [0.1, 0.15) is 0 Å². The summed E-state index contributed by atoms with van der Waals surface area (Å²) >= 11 is 3.50. The second-order valence-electron chi connectivity index (χ2n) is 4.55. The Labute approximate surface area is 110 Å². The second-order valence-corrected chi connectivity index (χ2v) is 5.47. The molecule has 1 aromatic rings. The maximum atomic E-state index is 6.49. The third-order valence-electron chi connectivity index (χ3n) is 3.48. The number of nitrogens with two attached hydrogens (primary N) is 1. The van der Waals surface area contributed by atoms with Crippen LogP contribution in [-0.2, 0) is 5.54 Å². The molecule has 94 valence electrons. The van der Waals surface area contributed by atoms with Crippen molar-refractivity contribution in [1.29, 1.82) is 0 Å². The van der Waals surface area contributed by atoms with Crippen LogP contribution in [0.15, 0.2) is 16.6 Å². The van der Waals surface area contributed by atoms with E-state index < -0.39 is 0 Å². The van der Waals surface area contributed by atoms with Crippen LogP contribution in [0.2, 0.25) is 0 Å². The number of benzene rings is 1. The van der Waals surface area contributed by atoms with Gasteiger partial charge in [-0.1, -0.05) is 28.8 Å². The summed E-state index contributed by atoms with van der Waals surface area (Å²) in [5, 5.41) is 0. The van der Waals surface area contributed by atoms with Gasteiger partial charge in [-0.25, -0.2) is 0 Å². The molecule has 1 aliphatic carbocycles. The van der Waals surface area contributed by atoms with Crippen molar-refractivity contribution < 1.29 is 9.47 Å². The van der Waals surface area contributed by atoms with E-state index in [1.807, 2.05) is 12.1 Å². The lowest BCUT2D eigenvalue weighted by atomic mass is 9.88. The number of hydrogen-bond acceptors (Lipinski definition) is 3. The molecule has 2 rings (SSSR count). The van der Waals surface area contributed by atoms with Crippen molar-refractivity contribution in [1.82, 2.24) is 0 Å². The van der Waals surface area contributed by atoms with Gasteiger partial charge in [-0.15, -0.1) is 0 Å². The number of methoxy groups -OCH3 is 2. The van der Waals surface area contributed by atoms with E-state index in [-0.39, 0.29) is 5.54 Å². The predicted molar refractivity (Wildman–Crippen MR) is 71.6 cm³/mol. The SMILES string of the molecule is COc1cc(Br)cc(C2(N)CCCC2)c1OC. The van der Waals surface area contributed by atoms with Crippen molar-refractivity contribution in [2.45, 2.75) is 31.2 Å². The predicted octanol–water partition coefficient (Wildman–Crippen LogP) is 3.19. The van der Waals surface area contributed by atoms with E-state index in [4.69, 9.17) is 15.2 Å². The van der Waals surface area contributed by atoms with Crippen LogP contribution in [0.3, 0.4) is 0 Å². The van der Waals surface area contributed by atoms with Crippen molar-refractivity contribution in [2.75, 3.05) is 14.2 Å². The molecule has 1 aromatic carbocycles. The zero-order chi connectivity index (χ0) is 12.5. The third-order valence-corrected chi connectivity index (χ3v) is 3.93. The minimum atomic E-state index is -0.275. The van der Waals surface area contributed by atoms with Crippen molar-refractivity contribution in [2.24, 2.45) is 5.73 Å². The summed E-state index contributed by atoms with van der Waals surface area (Å²) in [6, 6.07) is 3.95. The minimum absolute atomic E-state index is 0.275. The fraction of sp³-hybridized carbons (Fsp3) is 0.538. The number of ether oxygens (including phenoxy) is 2. The highest BCUT2D eigenvalue weighted by molar-refractivity contribution is 9.10. The van der Waals surface area contributed by atoms with Crippen LogP contribution in [0.5, 0.6) is 11.5 Å². The largest absolute Gasteiger partial charge is 0.493 e. The molecule has 0 radical (unpaired) electrons. The van der Waals surface area contributed by atoms with Gasteiger partial charge in [0.05, 0.1) is 14.2 Å². The summed E-state index contributed by atoms with van der Waals surface area (Å²) in [6.45, 7) is 0. The normalized spacial score (nSPS) is 18.1. The molecular weight excluding hydrogens is 282 g/mol. The van der Waals surface area contributed by atoms with Crippen molar-refractivity contribution in [3.63, 3.8) is 0 Å². The van der Waals surface area contributed by atoms with Gasteiger partial charge >= 0.3 is 0 Å². The van der Waals surface area contributed by atoms with E-state index in [0.717, 1.165) is 34.4 Å². The molecular formula is C13H18BrNO2. The lowest BCUT2D eigenvalue weighted by Gasteiger charge is -2.27. The standard InChI is InChI=1S/C13H18BrNO2/c1-16-11-8-9(14)7-10(12(11)17-2)13(15)5-3-4-6-13/h7-8H,3-6,15H2,1-2H3. The lowest BCUT2D eigenvalue weighted by molar-refractivity contribution is 0.337. The Morgan fingerprint density at radius 1 is 1.18 bits per heavy atom. The highest BCUT2D eigenvalue weighted by atomic mass is 79.9. The smallest absolute Gasteiger partial charge is 0.165 e. The van der Waals surface area contributed by atoms with E-state index >= 15 is 0 Å². The van der Waals surface area contributed by atoms with Crippen molar-refractivity contribution in [3.8, 4) is 11.5 Å². The summed E-state index contributed by atoms with van der Waals surface area (Å²) in [5.74, 6) is 1.49. The first-order valence-electron chi connectivity index (χ1n) is 5.81. The molecule has 0 amide bonds. The van der Waals surface area contributed by atoms with E-state index in [0.29, 0.717) is 0 Å². The average Bonchev–Trinajstić information content (AvgIpc) is 2.76. The van der Waals surface area contributed by atoms with Gasteiger partial charge in [0.25, 0.3) is 0 Å². The zero-order valence-corrected chi connectivity index (χ0v) is 11.8. The second kappa shape index (κ2) is 4.86. The van der Waals surface area contributed by atoms with Gasteiger partial charge in [0, 0.05) is 15.6 Å². The van der Waals surface area contributed by atoms with Crippen LogP contribution < -0.4 is 15.2 Å². The zero-order valence-electron chi connectivity index (χ0n) is 10.3. The topological polar surface area (TPSA) is 44.5 Å². The van der Waals surface area contributed by atoms with Crippen LogP contribution in [0.4, 0.5) is 0 Å². The van der Waals surface area contributed by atoms with Crippen LogP contribution in [0, 0.1) is 0 Å². The van der Waals surface area contributed by atoms with Gasteiger partial charge in [0.2, 0.25) is 0 Å². The molecule has 0 unspecified atom stereocenters. The van der Waals surface area contributed by atoms with Crippen molar-refractivity contribution >= 4 is 15.9 Å². The number of halogens is 1. The van der Waals surface area contributed by atoms with E-state index in [9.17, 15) is 0 Å². The van der Waals surface area contributed by atoms with Crippen LogP contribution in [0.1, 0.15) is 31.2 Å². The summed E-state index contributed by atoms with van der Waals surface area (Å²) < 4.78 is 11.8. The average molecular weight is 300 g/mol. The lowest BCUT2D eigenvalue weighted by Crippen LogP contribution is -2.33. The third kappa shape index (κ3) is 2.29. The Balaban J connectivity index is 2.55. The highest BCUT2D eigenvalue weighted by Gasteiger charge is 2.35. The first kappa shape index (κ1) is 12.7. The van der Waals surface area contributed by atoms with Gasteiger partial charge < -0.3 is 15.2 Å². The Kier molecular flexibility index (Phi) is 3.64. The highest BCUT2D eigenvalue weighted by Crippen LogP contribution is 2.45. The summed E-state index contributed by atoms with van der Waals surface area (Å²) in [7, 11) is 3.31. The summed E-state index contributed by atoms with van der Waals surface area (Å²) in [4.78, 5) is 0. The Bertz CT molecular complexity index is 414. The molecule has 0 aliphatic heterocycles. The Morgan fingerprint density at radius 2 is 1.82 bits per heavy atom. The van der Waals surface area contributed by atoms with E-state index in [1.165, 1.54) is 12.8 Å². The molecule has 1 aliphatic rings. The van der Waals surface area contributed by atoms with Gasteiger partial charge in [-0.05, 0) is 25.0 Å². The molecule has 1 fully saturated rings. The molecule has 2 N–H and O–H groups in total. The van der Waals surface area contributed by atoms with E-state index in [2.05, 4.69) is 15.9 Å². The molecule has 0 atom stereocenters. The molecule has 17 heavy (non-hydrogen) atoms. The molecule has 4 heteroatoms. The molecule has 1 saturated carbocycles. The summed E-state index contributed by atoms with van der Waals surface area (Å²) in [6.07, 6.45) is 4.36. The molecule has 0 bridgehead atoms. The number of hydrogen-bond donors (Lipinski definition) is 1. The molecule has 0 spiro atoms. The Morgan fingerprint density at radius 3 is 2.35 bits per heavy atom. The molecule has 0 heterocycles.